The van der Waals surface area contributed by atoms with Crippen molar-refractivity contribution in [2.24, 2.45) is 5.41 Å². The van der Waals surface area contributed by atoms with Crippen molar-refractivity contribution in [1.82, 2.24) is 20.2 Å². The highest BCUT2D eigenvalue weighted by Gasteiger charge is 2.41. The largest absolute Gasteiger partial charge is 0.338 e. The predicted molar refractivity (Wildman–Crippen MR) is 97.3 cm³/mol. The van der Waals surface area contributed by atoms with Gasteiger partial charge in [-0.2, -0.15) is 0 Å². The maximum Gasteiger partial charge on any atom is 0.257 e. The lowest BCUT2D eigenvalue weighted by Gasteiger charge is -2.33. The Balaban J connectivity index is 1.53. The summed E-state index contributed by atoms with van der Waals surface area (Å²) < 4.78 is 0. The molecule has 0 radical (unpaired) electrons. The van der Waals surface area contributed by atoms with Crippen LogP contribution in [-0.4, -0.2) is 47.0 Å². The average molecular weight is 336 g/mol. The van der Waals surface area contributed by atoms with Crippen LogP contribution in [0.25, 0.3) is 11.4 Å². The summed E-state index contributed by atoms with van der Waals surface area (Å²) in [5.41, 5.74) is 2.62. The highest BCUT2D eigenvalue weighted by atomic mass is 16.2. The molecule has 1 amide bonds. The second-order valence-electron chi connectivity index (χ2n) is 7.32. The second-order valence-corrected chi connectivity index (χ2v) is 7.32. The van der Waals surface area contributed by atoms with Crippen LogP contribution in [0.5, 0.6) is 0 Å². The summed E-state index contributed by atoms with van der Waals surface area (Å²) in [6.07, 6.45) is 5.20. The van der Waals surface area contributed by atoms with E-state index in [4.69, 9.17) is 0 Å². The van der Waals surface area contributed by atoms with E-state index in [0.29, 0.717) is 11.4 Å². The first-order chi connectivity index (χ1) is 12.2. The highest BCUT2D eigenvalue weighted by molar-refractivity contribution is 5.95. The van der Waals surface area contributed by atoms with Gasteiger partial charge in [-0.3, -0.25) is 4.79 Å². The van der Waals surface area contributed by atoms with Gasteiger partial charge in [0.05, 0.1) is 11.3 Å². The van der Waals surface area contributed by atoms with E-state index in [-0.39, 0.29) is 11.3 Å². The van der Waals surface area contributed by atoms with E-state index in [1.807, 2.05) is 42.2 Å². The Hall–Kier alpha value is -2.27. The minimum Gasteiger partial charge on any atom is -0.338 e. The summed E-state index contributed by atoms with van der Waals surface area (Å²) >= 11 is 0. The number of carbonyl (C=O) groups is 1. The number of aromatic nitrogens is 2. The van der Waals surface area contributed by atoms with Gasteiger partial charge >= 0.3 is 0 Å². The minimum atomic E-state index is 0.0690. The van der Waals surface area contributed by atoms with Crippen molar-refractivity contribution in [1.29, 1.82) is 0 Å². The van der Waals surface area contributed by atoms with Gasteiger partial charge < -0.3 is 10.2 Å². The van der Waals surface area contributed by atoms with Crippen LogP contribution in [0.1, 0.15) is 35.3 Å². The van der Waals surface area contributed by atoms with Crippen molar-refractivity contribution in [3.05, 3.63) is 47.8 Å². The quantitative estimate of drug-likeness (QED) is 0.916. The normalized spacial score (nSPS) is 23.2. The maximum atomic E-state index is 13.0. The summed E-state index contributed by atoms with van der Waals surface area (Å²) in [5.74, 6) is 0.739. The van der Waals surface area contributed by atoms with Crippen LogP contribution in [0.3, 0.4) is 0 Å². The third kappa shape index (κ3) is 3.16. The van der Waals surface area contributed by atoms with Crippen LogP contribution in [0.4, 0.5) is 0 Å². The van der Waals surface area contributed by atoms with E-state index in [9.17, 15) is 4.79 Å². The molecule has 1 unspecified atom stereocenters. The van der Waals surface area contributed by atoms with E-state index in [0.717, 1.165) is 43.9 Å². The van der Waals surface area contributed by atoms with E-state index < -0.39 is 0 Å². The number of rotatable bonds is 2. The molecule has 1 aromatic carbocycles. The Morgan fingerprint density at radius 2 is 2.08 bits per heavy atom. The molecule has 3 heterocycles. The summed E-state index contributed by atoms with van der Waals surface area (Å²) in [6, 6.07) is 9.87. The molecule has 1 aromatic heterocycles. The molecular weight excluding hydrogens is 312 g/mol. The fourth-order valence-electron chi connectivity index (χ4n) is 4.06. The number of hydrogen-bond acceptors (Lipinski definition) is 4. The summed E-state index contributed by atoms with van der Waals surface area (Å²) in [6.45, 7) is 5.71. The number of aryl methyl sites for hydroxylation is 1. The van der Waals surface area contributed by atoms with Gasteiger partial charge in [-0.1, -0.05) is 30.3 Å². The van der Waals surface area contributed by atoms with Crippen LogP contribution in [0, 0.1) is 12.3 Å². The summed E-state index contributed by atoms with van der Waals surface area (Å²) in [5, 5.41) is 3.49. The van der Waals surface area contributed by atoms with Gasteiger partial charge in [-0.25, -0.2) is 9.97 Å². The first-order valence-corrected chi connectivity index (χ1v) is 9.06. The second kappa shape index (κ2) is 6.56. The lowest BCUT2D eigenvalue weighted by Crippen LogP contribution is -2.42. The van der Waals surface area contributed by atoms with Crippen LogP contribution in [0.2, 0.25) is 0 Å². The lowest BCUT2D eigenvalue weighted by atomic mass is 9.80. The van der Waals surface area contributed by atoms with Crippen molar-refractivity contribution in [2.45, 2.75) is 26.2 Å². The molecule has 130 valence electrons. The number of benzene rings is 1. The van der Waals surface area contributed by atoms with Gasteiger partial charge in [-0.05, 0) is 32.7 Å². The van der Waals surface area contributed by atoms with E-state index in [1.54, 1.807) is 6.20 Å². The Bertz CT molecular complexity index is 769. The summed E-state index contributed by atoms with van der Waals surface area (Å²) in [7, 11) is 0. The topological polar surface area (TPSA) is 58.1 Å². The van der Waals surface area contributed by atoms with Crippen molar-refractivity contribution in [3.63, 3.8) is 0 Å². The van der Waals surface area contributed by atoms with Gasteiger partial charge in [0, 0.05) is 36.8 Å². The molecule has 1 spiro atoms. The van der Waals surface area contributed by atoms with Gasteiger partial charge in [-0.15, -0.1) is 0 Å². The molecule has 2 fully saturated rings. The third-order valence-electron chi connectivity index (χ3n) is 5.53. The Morgan fingerprint density at radius 1 is 1.24 bits per heavy atom. The molecule has 0 bridgehead atoms. The predicted octanol–water partition coefficient (Wildman–Crippen LogP) is 2.67. The first kappa shape index (κ1) is 16.2. The Morgan fingerprint density at radius 3 is 2.80 bits per heavy atom. The van der Waals surface area contributed by atoms with Crippen LogP contribution < -0.4 is 5.32 Å². The molecule has 25 heavy (non-hydrogen) atoms. The zero-order valence-electron chi connectivity index (χ0n) is 14.7. The van der Waals surface area contributed by atoms with Gasteiger partial charge in [0.1, 0.15) is 0 Å². The number of hydrogen-bond donors (Lipinski definition) is 1. The van der Waals surface area contributed by atoms with Gasteiger partial charge in [0.25, 0.3) is 5.91 Å². The van der Waals surface area contributed by atoms with E-state index in [2.05, 4.69) is 15.3 Å². The van der Waals surface area contributed by atoms with Crippen molar-refractivity contribution < 1.29 is 4.79 Å². The number of nitrogens with one attached hydrogen (secondary N) is 1. The van der Waals surface area contributed by atoms with Crippen LogP contribution in [-0.2, 0) is 0 Å². The molecule has 2 aliphatic heterocycles. The number of piperidine rings is 1. The monoisotopic (exact) mass is 336 g/mol. The van der Waals surface area contributed by atoms with E-state index >= 15 is 0 Å². The molecule has 0 aliphatic carbocycles. The number of nitrogens with zero attached hydrogens (tertiary/aromatic N) is 3. The van der Waals surface area contributed by atoms with Crippen LogP contribution in [0.15, 0.2) is 36.5 Å². The van der Waals surface area contributed by atoms with E-state index in [1.165, 1.54) is 12.8 Å². The maximum absolute atomic E-state index is 13.0. The standard InChI is InChI=1S/C20H24N4O/c1-15-17(12-22-18(23-15)16-6-3-2-4-7-16)19(25)24-11-9-20(14-24)8-5-10-21-13-20/h2-4,6-7,12,21H,5,8-11,13-14H2,1H3. The molecule has 5 heteroatoms. The number of amides is 1. The van der Waals surface area contributed by atoms with Gasteiger partial charge in [0.2, 0.25) is 0 Å². The first-order valence-electron chi connectivity index (χ1n) is 9.06. The molecule has 1 atom stereocenters. The molecular formula is C20H24N4O. The molecule has 5 nitrogen and oxygen atoms in total. The SMILES string of the molecule is Cc1nc(-c2ccccc2)ncc1C(=O)N1CCC2(CCCNC2)C1. The van der Waals surface area contributed by atoms with Crippen LogP contribution >= 0.6 is 0 Å². The lowest BCUT2D eigenvalue weighted by molar-refractivity contribution is 0.0762. The molecule has 2 saturated heterocycles. The minimum absolute atomic E-state index is 0.0690. The Kier molecular flexibility index (Phi) is 4.25. The zero-order valence-corrected chi connectivity index (χ0v) is 14.7. The molecule has 2 aromatic rings. The zero-order chi connectivity index (χ0) is 17.3. The third-order valence-corrected chi connectivity index (χ3v) is 5.53. The number of likely N-dealkylation sites (tertiary alicyclic amines) is 1. The fourth-order valence-corrected chi connectivity index (χ4v) is 4.06. The fraction of sp³-hybridized carbons (Fsp3) is 0.450. The smallest absolute Gasteiger partial charge is 0.257 e. The van der Waals surface area contributed by atoms with Crippen molar-refractivity contribution in [2.75, 3.05) is 26.2 Å². The molecule has 2 aliphatic rings. The highest BCUT2D eigenvalue weighted by Crippen LogP contribution is 2.37. The summed E-state index contributed by atoms with van der Waals surface area (Å²) in [4.78, 5) is 24.0. The average Bonchev–Trinajstić information content (AvgIpc) is 3.06. The van der Waals surface area contributed by atoms with Gasteiger partial charge in [0.15, 0.2) is 5.82 Å². The van der Waals surface area contributed by atoms with Crippen molar-refractivity contribution in [3.8, 4) is 11.4 Å². The molecule has 0 saturated carbocycles. The van der Waals surface area contributed by atoms with Crippen molar-refractivity contribution >= 4 is 5.91 Å². The molecule has 1 N–H and O–H groups in total. The molecule has 4 rings (SSSR count). The number of carbonyl (C=O) groups excluding carboxylic acids is 1. The Labute approximate surface area is 148 Å².